The van der Waals surface area contributed by atoms with Gasteiger partial charge in [0, 0.05) is 32.3 Å². The van der Waals surface area contributed by atoms with E-state index in [0.29, 0.717) is 31.8 Å². The molecule has 0 aliphatic carbocycles. The maximum atomic E-state index is 11.4. The molecule has 0 unspecified atom stereocenters. The number of rotatable bonds is 4. The van der Waals surface area contributed by atoms with E-state index in [9.17, 15) is 13.5 Å². The summed E-state index contributed by atoms with van der Waals surface area (Å²) in [6.45, 7) is 1.18. The molecule has 1 saturated heterocycles. The van der Waals surface area contributed by atoms with Crippen LogP contribution in [0.3, 0.4) is 0 Å². The minimum Gasteiger partial charge on any atom is -0.491 e. The molecule has 1 heterocycles. The summed E-state index contributed by atoms with van der Waals surface area (Å²) < 4.78 is 33.6. The monoisotopic (exact) mass is 286 g/mol. The van der Waals surface area contributed by atoms with E-state index in [1.165, 1.54) is 12.1 Å². The normalized spacial score (nSPS) is 19.1. The highest BCUT2D eigenvalue weighted by atomic mass is 32.2. The minimum atomic E-state index is -3.25. The van der Waals surface area contributed by atoms with Crippen molar-refractivity contribution in [2.75, 3.05) is 26.1 Å². The summed E-state index contributed by atoms with van der Waals surface area (Å²) in [5.74, 6) is 0.447. The molecule has 1 fully saturated rings. The van der Waals surface area contributed by atoms with E-state index in [2.05, 4.69) is 0 Å². The zero-order valence-electron chi connectivity index (χ0n) is 10.8. The molecule has 0 atom stereocenters. The standard InChI is InChI=1S/C13H18O5S/c1-19(15,16)12-4-2-3-11(9-12)18-10-13(14)5-7-17-8-6-13/h2-4,9,14H,5-8,10H2,1H3. The first-order valence-corrected chi connectivity index (χ1v) is 8.01. The SMILES string of the molecule is CS(=O)(=O)c1cccc(OCC2(O)CCOCC2)c1. The van der Waals surface area contributed by atoms with Gasteiger partial charge in [-0.2, -0.15) is 0 Å². The van der Waals surface area contributed by atoms with E-state index < -0.39 is 15.4 Å². The predicted octanol–water partition coefficient (Wildman–Crippen LogP) is 1.01. The van der Waals surface area contributed by atoms with Crippen LogP contribution in [0.4, 0.5) is 0 Å². The summed E-state index contributed by atoms with van der Waals surface area (Å²) in [5, 5.41) is 10.2. The third kappa shape index (κ3) is 3.92. The number of benzene rings is 1. The molecule has 0 aromatic heterocycles. The zero-order valence-corrected chi connectivity index (χ0v) is 11.6. The Labute approximate surface area is 113 Å². The predicted molar refractivity (Wildman–Crippen MR) is 70.0 cm³/mol. The van der Waals surface area contributed by atoms with Crippen molar-refractivity contribution < 1.29 is 23.0 Å². The zero-order chi connectivity index (χ0) is 13.9. The van der Waals surface area contributed by atoms with Gasteiger partial charge in [0.1, 0.15) is 18.0 Å². The van der Waals surface area contributed by atoms with Gasteiger partial charge in [-0.1, -0.05) is 6.07 Å². The first-order chi connectivity index (χ1) is 8.89. The molecule has 1 aliphatic rings. The second-order valence-corrected chi connectivity index (χ2v) is 6.89. The molecule has 0 spiro atoms. The molecule has 0 saturated carbocycles. The lowest BCUT2D eigenvalue weighted by atomic mass is 9.96. The van der Waals surface area contributed by atoms with E-state index in [4.69, 9.17) is 9.47 Å². The fourth-order valence-corrected chi connectivity index (χ4v) is 2.56. The minimum absolute atomic E-state index is 0.142. The molecule has 1 aliphatic heterocycles. The summed E-state index contributed by atoms with van der Waals surface area (Å²) in [6, 6.07) is 6.29. The number of hydrogen-bond donors (Lipinski definition) is 1. The molecular formula is C13H18O5S. The molecule has 0 amide bonds. The van der Waals surface area contributed by atoms with Crippen molar-refractivity contribution in [1.29, 1.82) is 0 Å². The maximum Gasteiger partial charge on any atom is 0.175 e. The Kier molecular flexibility index (Phi) is 4.13. The number of aliphatic hydroxyl groups is 1. The van der Waals surface area contributed by atoms with Crippen molar-refractivity contribution in [2.24, 2.45) is 0 Å². The molecule has 106 valence electrons. The highest BCUT2D eigenvalue weighted by Crippen LogP contribution is 2.23. The second-order valence-electron chi connectivity index (χ2n) is 4.87. The smallest absolute Gasteiger partial charge is 0.175 e. The molecule has 0 radical (unpaired) electrons. The Morgan fingerprint density at radius 1 is 1.37 bits per heavy atom. The van der Waals surface area contributed by atoms with Crippen LogP contribution in [0.2, 0.25) is 0 Å². The molecule has 1 aromatic rings. The Balaban J connectivity index is 2.03. The summed E-state index contributed by atoms with van der Waals surface area (Å²) in [4.78, 5) is 0.212. The molecular weight excluding hydrogens is 268 g/mol. The Bertz CT molecular complexity index is 532. The van der Waals surface area contributed by atoms with E-state index in [1.807, 2.05) is 0 Å². The van der Waals surface area contributed by atoms with Gasteiger partial charge in [-0.25, -0.2) is 8.42 Å². The maximum absolute atomic E-state index is 11.4. The molecule has 1 aromatic carbocycles. The quantitative estimate of drug-likeness (QED) is 0.894. The van der Waals surface area contributed by atoms with Gasteiger partial charge in [0.05, 0.1) is 4.90 Å². The van der Waals surface area contributed by atoms with Crippen LogP contribution in [0, 0.1) is 0 Å². The van der Waals surface area contributed by atoms with Gasteiger partial charge in [0.15, 0.2) is 9.84 Å². The molecule has 5 nitrogen and oxygen atoms in total. The Hall–Kier alpha value is -1.11. The number of hydrogen-bond acceptors (Lipinski definition) is 5. The van der Waals surface area contributed by atoms with Crippen molar-refractivity contribution in [3.05, 3.63) is 24.3 Å². The van der Waals surface area contributed by atoms with Crippen LogP contribution in [0.1, 0.15) is 12.8 Å². The fraction of sp³-hybridized carbons (Fsp3) is 0.538. The van der Waals surface area contributed by atoms with Crippen LogP contribution in [0.15, 0.2) is 29.2 Å². The van der Waals surface area contributed by atoms with Gasteiger partial charge in [-0.05, 0) is 18.2 Å². The average Bonchev–Trinajstić information content (AvgIpc) is 2.37. The first-order valence-electron chi connectivity index (χ1n) is 6.12. The van der Waals surface area contributed by atoms with Crippen molar-refractivity contribution in [2.45, 2.75) is 23.3 Å². The molecule has 19 heavy (non-hydrogen) atoms. The lowest BCUT2D eigenvalue weighted by Crippen LogP contribution is -2.41. The van der Waals surface area contributed by atoms with Gasteiger partial charge in [-0.3, -0.25) is 0 Å². The van der Waals surface area contributed by atoms with Crippen LogP contribution >= 0.6 is 0 Å². The van der Waals surface area contributed by atoms with E-state index in [-0.39, 0.29) is 11.5 Å². The summed E-state index contributed by atoms with van der Waals surface area (Å²) in [7, 11) is -3.25. The Morgan fingerprint density at radius 2 is 2.05 bits per heavy atom. The number of ether oxygens (including phenoxy) is 2. The third-order valence-corrected chi connectivity index (χ3v) is 4.27. The Morgan fingerprint density at radius 3 is 2.68 bits per heavy atom. The summed E-state index contributed by atoms with van der Waals surface area (Å²) in [5.41, 5.74) is -0.890. The van der Waals surface area contributed by atoms with Crippen molar-refractivity contribution >= 4 is 9.84 Å². The van der Waals surface area contributed by atoms with Gasteiger partial charge in [0.25, 0.3) is 0 Å². The lowest BCUT2D eigenvalue weighted by molar-refractivity contribution is -0.0856. The van der Waals surface area contributed by atoms with E-state index in [1.54, 1.807) is 12.1 Å². The highest BCUT2D eigenvalue weighted by Gasteiger charge is 2.30. The van der Waals surface area contributed by atoms with Crippen LogP contribution in [-0.2, 0) is 14.6 Å². The summed E-state index contributed by atoms with van der Waals surface area (Å²) >= 11 is 0. The van der Waals surface area contributed by atoms with Crippen LogP contribution < -0.4 is 4.74 Å². The van der Waals surface area contributed by atoms with E-state index >= 15 is 0 Å². The number of sulfone groups is 1. The second kappa shape index (κ2) is 5.48. The average molecular weight is 286 g/mol. The van der Waals surface area contributed by atoms with Gasteiger partial charge in [0.2, 0.25) is 0 Å². The van der Waals surface area contributed by atoms with Crippen LogP contribution in [0.25, 0.3) is 0 Å². The van der Waals surface area contributed by atoms with Crippen molar-refractivity contribution in [3.8, 4) is 5.75 Å². The lowest BCUT2D eigenvalue weighted by Gasteiger charge is -2.31. The van der Waals surface area contributed by atoms with Crippen LogP contribution in [-0.4, -0.2) is 45.2 Å². The first kappa shape index (κ1) is 14.3. The summed E-state index contributed by atoms with van der Waals surface area (Å²) in [6.07, 6.45) is 2.20. The molecule has 2 rings (SSSR count). The third-order valence-electron chi connectivity index (χ3n) is 3.16. The van der Waals surface area contributed by atoms with Crippen molar-refractivity contribution in [1.82, 2.24) is 0 Å². The molecule has 1 N–H and O–H groups in total. The highest BCUT2D eigenvalue weighted by molar-refractivity contribution is 7.90. The van der Waals surface area contributed by atoms with Crippen LogP contribution in [0.5, 0.6) is 5.75 Å². The fourth-order valence-electron chi connectivity index (χ4n) is 1.91. The van der Waals surface area contributed by atoms with Gasteiger partial charge >= 0.3 is 0 Å². The van der Waals surface area contributed by atoms with E-state index in [0.717, 1.165) is 6.26 Å². The largest absolute Gasteiger partial charge is 0.491 e. The molecule has 0 bridgehead atoms. The molecule has 6 heteroatoms. The van der Waals surface area contributed by atoms with Gasteiger partial charge in [-0.15, -0.1) is 0 Å². The topological polar surface area (TPSA) is 72.8 Å². The van der Waals surface area contributed by atoms with Gasteiger partial charge < -0.3 is 14.6 Å². The van der Waals surface area contributed by atoms with Crippen molar-refractivity contribution in [3.63, 3.8) is 0 Å².